The lowest BCUT2D eigenvalue weighted by Crippen LogP contribution is -2.36. The number of ether oxygens (including phenoxy) is 1. The number of anilines is 6. The fourth-order valence-corrected chi connectivity index (χ4v) is 4.25. The van der Waals surface area contributed by atoms with Gasteiger partial charge in [0, 0.05) is 51.3 Å². The molecule has 0 aliphatic carbocycles. The standard InChI is InChI=1S/C22H28N8O4S/c1-28-9-7-19(27-28)26-22-20(21(23)31)17(6-8-24-22)25-16-5-4-15(30-10-12-34-13-11-30)14-18(16)29(2)35(3,32)33/h4-9,14H,10-13H2,1-3H3,(H2,23,31)(H2,24,25,26,27). The highest BCUT2D eigenvalue weighted by Crippen LogP contribution is 2.36. The highest BCUT2D eigenvalue weighted by Gasteiger charge is 2.22. The first-order valence-corrected chi connectivity index (χ1v) is 12.7. The summed E-state index contributed by atoms with van der Waals surface area (Å²) < 4.78 is 33.1. The van der Waals surface area contributed by atoms with E-state index in [4.69, 9.17) is 10.5 Å². The molecule has 0 radical (unpaired) electrons. The Labute approximate surface area is 203 Å². The summed E-state index contributed by atoms with van der Waals surface area (Å²) in [6.45, 7) is 2.60. The van der Waals surface area contributed by atoms with Gasteiger partial charge in [-0.2, -0.15) is 5.10 Å². The molecule has 1 fully saturated rings. The molecular formula is C22H28N8O4S. The number of sulfonamides is 1. The van der Waals surface area contributed by atoms with E-state index >= 15 is 0 Å². The van der Waals surface area contributed by atoms with E-state index in [2.05, 4.69) is 25.6 Å². The molecule has 0 unspecified atom stereocenters. The van der Waals surface area contributed by atoms with E-state index in [9.17, 15) is 13.2 Å². The first-order valence-electron chi connectivity index (χ1n) is 10.9. The van der Waals surface area contributed by atoms with Gasteiger partial charge in [0.2, 0.25) is 10.0 Å². The van der Waals surface area contributed by atoms with Crippen molar-refractivity contribution >= 4 is 50.3 Å². The molecular weight excluding hydrogens is 472 g/mol. The largest absolute Gasteiger partial charge is 0.378 e. The van der Waals surface area contributed by atoms with Crippen molar-refractivity contribution in [1.29, 1.82) is 0 Å². The van der Waals surface area contributed by atoms with E-state index in [-0.39, 0.29) is 11.4 Å². The molecule has 3 aromatic rings. The van der Waals surface area contributed by atoms with Gasteiger partial charge in [-0.25, -0.2) is 13.4 Å². The maximum atomic E-state index is 12.4. The van der Waals surface area contributed by atoms with E-state index < -0.39 is 15.9 Å². The monoisotopic (exact) mass is 500 g/mol. The second-order valence-electron chi connectivity index (χ2n) is 8.10. The molecule has 13 heteroatoms. The molecule has 1 aliphatic heterocycles. The number of aryl methyl sites for hydroxylation is 1. The van der Waals surface area contributed by atoms with Gasteiger partial charge in [0.1, 0.15) is 11.4 Å². The average molecular weight is 501 g/mol. The molecule has 0 bridgehead atoms. The number of carbonyl (C=O) groups is 1. The van der Waals surface area contributed by atoms with Crippen LogP contribution in [0.1, 0.15) is 10.4 Å². The van der Waals surface area contributed by atoms with Crippen LogP contribution in [0.5, 0.6) is 0 Å². The van der Waals surface area contributed by atoms with Crippen molar-refractivity contribution in [1.82, 2.24) is 14.8 Å². The van der Waals surface area contributed by atoms with Crippen molar-refractivity contribution in [2.45, 2.75) is 0 Å². The second-order valence-corrected chi connectivity index (χ2v) is 10.1. The van der Waals surface area contributed by atoms with Gasteiger partial charge < -0.3 is 26.0 Å². The van der Waals surface area contributed by atoms with Crippen LogP contribution in [0.3, 0.4) is 0 Å². The zero-order chi connectivity index (χ0) is 25.2. The molecule has 1 aliphatic rings. The molecule has 186 valence electrons. The van der Waals surface area contributed by atoms with Gasteiger partial charge >= 0.3 is 0 Å². The predicted octanol–water partition coefficient (Wildman–Crippen LogP) is 1.63. The Bertz CT molecular complexity index is 1330. The van der Waals surface area contributed by atoms with E-state index in [1.807, 2.05) is 6.07 Å². The third-order valence-corrected chi connectivity index (χ3v) is 6.81. The SMILES string of the molecule is CN(c1cc(N2CCOCC2)ccc1Nc1ccnc(Nc2ccn(C)n2)c1C(N)=O)S(C)(=O)=O. The van der Waals surface area contributed by atoms with Crippen LogP contribution in [0.4, 0.5) is 34.4 Å². The van der Waals surface area contributed by atoms with Crippen molar-refractivity contribution in [3.63, 3.8) is 0 Å². The number of amides is 1. The Hall–Kier alpha value is -3.84. The van der Waals surface area contributed by atoms with Crippen LogP contribution >= 0.6 is 0 Å². The lowest BCUT2D eigenvalue weighted by Gasteiger charge is -2.30. The van der Waals surface area contributed by atoms with E-state index in [1.165, 1.54) is 17.5 Å². The molecule has 35 heavy (non-hydrogen) atoms. The molecule has 3 heterocycles. The van der Waals surface area contributed by atoms with Crippen molar-refractivity contribution in [3.05, 3.63) is 48.3 Å². The number of carbonyl (C=O) groups excluding carboxylic acids is 1. The number of rotatable bonds is 8. The summed E-state index contributed by atoms with van der Waals surface area (Å²) in [6, 6.07) is 8.80. The van der Waals surface area contributed by atoms with Crippen molar-refractivity contribution in [3.8, 4) is 0 Å². The summed E-state index contributed by atoms with van der Waals surface area (Å²) >= 11 is 0. The Morgan fingerprint density at radius 2 is 1.89 bits per heavy atom. The van der Waals surface area contributed by atoms with Crippen LogP contribution in [-0.4, -0.2) is 68.7 Å². The second kappa shape index (κ2) is 9.80. The van der Waals surface area contributed by atoms with Crippen LogP contribution in [0.25, 0.3) is 0 Å². The Morgan fingerprint density at radius 3 is 2.51 bits per heavy atom. The molecule has 1 aromatic carbocycles. The molecule has 1 saturated heterocycles. The van der Waals surface area contributed by atoms with Crippen molar-refractivity contribution in [2.24, 2.45) is 12.8 Å². The molecule has 2 aromatic heterocycles. The Kier molecular flexibility index (Phi) is 6.80. The number of nitrogens with two attached hydrogens (primary N) is 1. The van der Waals surface area contributed by atoms with Gasteiger partial charge in [0.15, 0.2) is 5.82 Å². The first kappa shape index (κ1) is 24.3. The maximum absolute atomic E-state index is 12.4. The zero-order valence-electron chi connectivity index (χ0n) is 19.7. The summed E-state index contributed by atoms with van der Waals surface area (Å²) in [5, 5.41) is 10.4. The maximum Gasteiger partial charge on any atom is 0.254 e. The van der Waals surface area contributed by atoms with Gasteiger partial charge in [-0.3, -0.25) is 13.8 Å². The summed E-state index contributed by atoms with van der Waals surface area (Å²) in [5.74, 6) is 0.0122. The van der Waals surface area contributed by atoms with Crippen LogP contribution < -0.4 is 25.6 Å². The van der Waals surface area contributed by atoms with E-state index in [1.54, 1.807) is 42.2 Å². The minimum atomic E-state index is -3.57. The highest BCUT2D eigenvalue weighted by atomic mass is 32.2. The molecule has 1 amide bonds. The number of hydrogen-bond acceptors (Lipinski definition) is 9. The summed E-state index contributed by atoms with van der Waals surface area (Å²) in [5.41, 5.74) is 7.96. The zero-order valence-corrected chi connectivity index (χ0v) is 20.5. The molecule has 4 N–H and O–H groups in total. The van der Waals surface area contributed by atoms with E-state index in [0.29, 0.717) is 49.2 Å². The topological polar surface area (TPSA) is 148 Å². The number of hydrogen-bond donors (Lipinski definition) is 3. The summed E-state index contributed by atoms with van der Waals surface area (Å²) in [7, 11) is -0.317. The van der Waals surface area contributed by atoms with Crippen LogP contribution in [0.2, 0.25) is 0 Å². The lowest BCUT2D eigenvalue weighted by atomic mass is 10.1. The van der Waals surface area contributed by atoms with Gasteiger partial charge in [-0.05, 0) is 24.3 Å². The Balaban J connectivity index is 1.74. The lowest BCUT2D eigenvalue weighted by molar-refractivity contribution is 0.100. The third kappa shape index (κ3) is 5.46. The third-order valence-electron chi connectivity index (χ3n) is 5.62. The Morgan fingerprint density at radius 1 is 1.14 bits per heavy atom. The minimum Gasteiger partial charge on any atom is -0.378 e. The highest BCUT2D eigenvalue weighted by molar-refractivity contribution is 7.92. The van der Waals surface area contributed by atoms with Gasteiger partial charge in [0.25, 0.3) is 5.91 Å². The molecule has 0 atom stereocenters. The first-order chi connectivity index (χ1) is 16.6. The van der Waals surface area contributed by atoms with Crippen LogP contribution in [0.15, 0.2) is 42.7 Å². The number of pyridine rings is 1. The fourth-order valence-electron chi connectivity index (χ4n) is 3.74. The number of primary amides is 1. The van der Waals surface area contributed by atoms with E-state index in [0.717, 1.165) is 11.9 Å². The van der Waals surface area contributed by atoms with Crippen molar-refractivity contribution in [2.75, 3.05) is 59.4 Å². The molecule has 0 saturated carbocycles. The van der Waals surface area contributed by atoms with Gasteiger partial charge in [0.05, 0.1) is 36.5 Å². The van der Waals surface area contributed by atoms with Crippen LogP contribution in [0, 0.1) is 0 Å². The van der Waals surface area contributed by atoms with Gasteiger partial charge in [-0.15, -0.1) is 0 Å². The van der Waals surface area contributed by atoms with Crippen LogP contribution in [-0.2, 0) is 21.8 Å². The number of aromatic nitrogens is 3. The predicted molar refractivity (Wildman–Crippen MR) is 135 cm³/mol. The number of nitrogens with one attached hydrogen (secondary N) is 2. The fraction of sp³-hybridized carbons (Fsp3) is 0.318. The normalized spacial score (nSPS) is 14.0. The molecule has 0 spiro atoms. The average Bonchev–Trinajstić information content (AvgIpc) is 3.23. The molecule has 4 rings (SSSR count). The smallest absolute Gasteiger partial charge is 0.254 e. The number of morpholine rings is 1. The van der Waals surface area contributed by atoms with Gasteiger partial charge in [-0.1, -0.05) is 0 Å². The summed E-state index contributed by atoms with van der Waals surface area (Å²) in [4.78, 5) is 18.8. The molecule has 12 nitrogen and oxygen atoms in total. The quantitative estimate of drug-likeness (QED) is 0.420. The number of benzene rings is 1. The van der Waals surface area contributed by atoms with Crippen molar-refractivity contribution < 1.29 is 17.9 Å². The number of nitrogens with zero attached hydrogens (tertiary/aromatic N) is 5. The minimum absolute atomic E-state index is 0.114. The summed E-state index contributed by atoms with van der Waals surface area (Å²) in [6.07, 6.45) is 4.40.